The summed E-state index contributed by atoms with van der Waals surface area (Å²) in [6, 6.07) is 7.93. The Balaban J connectivity index is 2.20. The molecule has 0 bridgehead atoms. The molecule has 0 saturated carbocycles. The predicted octanol–water partition coefficient (Wildman–Crippen LogP) is 3.70. The molecule has 1 unspecified atom stereocenters. The van der Waals surface area contributed by atoms with Gasteiger partial charge in [0.1, 0.15) is 5.75 Å². The lowest BCUT2D eigenvalue weighted by Gasteiger charge is -2.15. The van der Waals surface area contributed by atoms with Crippen LogP contribution < -0.4 is 10.1 Å². The number of carbonyl (C=O) groups excluding carboxylic acids is 1. The number of hydrogen-bond acceptors (Lipinski definition) is 2. The summed E-state index contributed by atoms with van der Waals surface area (Å²) in [6.07, 6.45) is 3.38. The van der Waals surface area contributed by atoms with E-state index in [2.05, 4.69) is 19.2 Å². The predicted molar refractivity (Wildman–Crippen MR) is 83.0 cm³/mol. The number of aryl methyl sites for hydroxylation is 1. The van der Waals surface area contributed by atoms with Crippen molar-refractivity contribution in [2.45, 2.75) is 53.0 Å². The van der Waals surface area contributed by atoms with Gasteiger partial charge in [0, 0.05) is 6.04 Å². The summed E-state index contributed by atoms with van der Waals surface area (Å²) in [5, 5.41) is 2.97. The van der Waals surface area contributed by atoms with Gasteiger partial charge < -0.3 is 10.1 Å². The quantitative estimate of drug-likeness (QED) is 0.786. The second-order valence-corrected chi connectivity index (χ2v) is 5.90. The molecule has 0 aliphatic carbocycles. The molecule has 0 heterocycles. The lowest BCUT2D eigenvalue weighted by Crippen LogP contribution is -2.36. The lowest BCUT2D eigenvalue weighted by atomic mass is 10.0. The van der Waals surface area contributed by atoms with Crippen LogP contribution in [0.5, 0.6) is 5.75 Å². The molecule has 3 heteroatoms. The molecule has 3 nitrogen and oxygen atoms in total. The van der Waals surface area contributed by atoms with Crippen molar-refractivity contribution in [1.29, 1.82) is 0 Å². The molecule has 1 amide bonds. The van der Waals surface area contributed by atoms with Crippen LogP contribution in [-0.2, 0) is 4.79 Å². The number of carbonyl (C=O) groups is 1. The van der Waals surface area contributed by atoms with E-state index >= 15 is 0 Å². The third-order valence-corrected chi connectivity index (χ3v) is 3.22. The molecule has 0 radical (unpaired) electrons. The highest BCUT2D eigenvalue weighted by molar-refractivity contribution is 5.77. The van der Waals surface area contributed by atoms with Gasteiger partial charge in [-0.3, -0.25) is 4.79 Å². The van der Waals surface area contributed by atoms with E-state index < -0.39 is 0 Å². The molecular weight excluding hydrogens is 250 g/mol. The Morgan fingerprint density at radius 3 is 2.40 bits per heavy atom. The van der Waals surface area contributed by atoms with Gasteiger partial charge in [0.2, 0.25) is 0 Å². The van der Waals surface area contributed by atoms with Gasteiger partial charge in [-0.05, 0) is 38.3 Å². The summed E-state index contributed by atoms with van der Waals surface area (Å²) in [7, 11) is 0. The van der Waals surface area contributed by atoms with Gasteiger partial charge in [0.05, 0.1) is 0 Å². The van der Waals surface area contributed by atoms with E-state index in [0.29, 0.717) is 0 Å². The highest BCUT2D eigenvalue weighted by Crippen LogP contribution is 2.11. The maximum absolute atomic E-state index is 11.8. The third-order valence-electron chi connectivity index (χ3n) is 3.22. The van der Waals surface area contributed by atoms with Crippen LogP contribution in [0.25, 0.3) is 0 Å². The van der Waals surface area contributed by atoms with Crippen LogP contribution in [-0.4, -0.2) is 18.6 Å². The molecule has 0 saturated heterocycles. The van der Waals surface area contributed by atoms with E-state index in [0.717, 1.165) is 24.5 Å². The Labute approximate surface area is 122 Å². The Morgan fingerprint density at radius 1 is 1.15 bits per heavy atom. The zero-order chi connectivity index (χ0) is 15.0. The first kappa shape index (κ1) is 16.5. The molecule has 1 atom stereocenters. The van der Waals surface area contributed by atoms with E-state index in [9.17, 15) is 4.79 Å². The fourth-order valence-electron chi connectivity index (χ4n) is 2.00. The molecule has 0 aliphatic rings. The maximum Gasteiger partial charge on any atom is 0.258 e. The summed E-state index contributed by atoms with van der Waals surface area (Å²) in [5.41, 5.74) is 1.18. The first-order valence-corrected chi connectivity index (χ1v) is 7.46. The average Bonchev–Trinajstić information content (AvgIpc) is 2.37. The van der Waals surface area contributed by atoms with E-state index in [1.54, 1.807) is 0 Å². The molecule has 0 aliphatic heterocycles. The molecule has 0 aromatic heterocycles. The minimum Gasteiger partial charge on any atom is -0.484 e. The number of benzene rings is 1. The van der Waals surface area contributed by atoms with Gasteiger partial charge >= 0.3 is 0 Å². The monoisotopic (exact) mass is 277 g/mol. The molecule has 1 N–H and O–H groups in total. The van der Waals surface area contributed by atoms with E-state index in [-0.39, 0.29) is 18.6 Å². The van der Waals surface area contributed by atoms with Crippen LogP contribution in [0.3, 0.4) is 0 Å². The van der Waals surface area contributed by atoms with Gasteiger partial charge in [-0.15, -0.1) is 0 Å². The van der Waals surface area contributed by atoms with E-state index in [1.165, 1.54) is 12.0 Å². The summed E-state index contributed by atoms with van der Waals surface area (Å²) in [4.78, 5) is 11.8. The zero-order valence-corrected chi connectivity index (χ0v) is 13.1. The first-order valence-electron chi connectivity index (χ1n) is 7.46. The standard InChI is InChI=1S/C17H27NO2/c1-13(2)6-5-7-15(4)18-17(19)12-20-16-10-8-14(3)9-11-16/h8-11,13,15H,5-7,12H2,1-4H3,(H,18,19). The van der Waals surface area contributed by atoms with Crippen LogP contribution in [0.4, 0.5) is 0 Å². The molecule has 1 aromatic rings. The fourth-order valence-corrected chi connectivity index (χ4v) is 2.00. The largest absolute Gasteiger partial charge is 0.484 e. The van der Waals surface area contributed by atoms with Crippen molar-refractivity contribution >= 4 is 5.91 Å². The van der Waals surface area contributed by atoms with Crippen LogP contribution in [0.1, 0.15) is 45.6 Å². The minimum absolute atomic E-state index is 0.0531. The highest BCUT2D eigenvalue weighted by Gasteiger charge is 2.08. The van der Waals surface area contributed by atoms with Crippen molar-refractivity contribution in [3.05, 3.63) is 29.8 Å². The van der Waals surface area contributed by atoms with Crippen molar-refractivity contribution in [3.8, 4) is 5.75 Å². The van der Waals surface area contributed by atoms with Crippen molar-refractivity contribution in [1.82, 2.24) is 5.32 Å². The van der Waals surface area contributed by atoms with Gasteiger partial charge in [0.25, 0.3) is 5.91 Å². The summed E-state index contributed by atoms with van der Waals surface area (Å²) >= 11 is 0. The molecule has 112 valence electrons. The number of nitrogens with one attached hydrogen (secondary N) is 1. The molecule has 0 spiro atoms. The minimum atomic E-state index is -0.0531. The van der Waals surface area contributed by atoms with Gasteiger partial charge in [0.15, 0.2) is 6.61 Å². The van der Waals surface area contributed by atoms with Gasteiger partial charge in [-0.2, -0.15) is 0 Å². The third kappa shape index (κ3) is 7.17. The van der Waals surface area contributed by atoms with Crippen LogP contribution in [0, 0.1) is 12.8 Å². The second kappa shape index (κ2) is 8.62. The van der Waals surface area contributed by atoms with Crippen LogP contribution in [0.15, 0.2) is 24.3 Å². The van der Waals surface area contributed by atoms with Crippen molar-refractivity contribution in [2.75, 3.05) is 6.61 Å². The molecular formula is C17H27NO2. The molecule has 20 heavy (non-hydrogen) atoms. The zero-order valence-electron chi connectivity index (χ0n) is 13.1. The lowest BCUT2D eigenvalue weighted by molar-refractivity contribution is -0.123. The number of ether oxygens (including phenoxy) is 1. The first-order chi connectivity index (χ1) is 9.47. The van der Waals surface area contributed by atoms with Crippen LogP contribution in [0.2, 0.25) is 0 Å². The Kier molecular flexibility index (Phi) is 7.13. The normalized spacial score (nSPS) is 12.2. The topological polar surface area (TPSA) is 38.3 Å². The van der Waals surface area contributed by atoms with Crippen LogP contribution >= 0.6 is 0 Å². The molecule has 1 rings (SSSR count). The van der Waals surface area contributed by atoms with Crippen molar-refractivity contribution in [3.63, 3.8) is 0 Å². The van der Waals surface area contributed by atoms with Crippen molar-refractivity contribution in [2.24, 2.45) is 5.92 Å². The Bertz CT molecular complexity index is 398. The van der Waals surface area contributed by atoms with Gasteiger partial charge in [-0.1, -0.05) is 44.4 Å². The molecule has 1 aromatic carbocycles. The Hall–Kier alpha value is -1.51. The molecule has 0 fully saturated rings. The number of amides is 1. The second-order valence-electron chi connectivity index (χ2n) is 5.90. The summed E-state index contributed by atoms with van der Waals surface area (Å²) in [6.45, 7) is 8.59. The van der Waals surface area contributed by atoms with E-state index in [4.69, 9.17) is 4.74 Å². The average molecular weight is 277 g/mol. The summed E-state index contributed by atoms with van der Waals surface area (Å²) < 4.78 is 5.45. The Morgan fingerprint density at radius 2 is 1.80 bits per heavy atom. The number of hydrogen-bond donors (Lipinski definition) is 1. The van der Waals surface area contributed by atoms with Crippen molar-refractivity contribution < 1.29 is 9.53 Å². The van der Waals surface area contributed by atoms with E-state index in [1.807, 2.05) is 38.1 Å². The SMILES string of the molecule is Cc1ccc(OCC(=O)NC(C)CCCC(C)C)cc1. The smallest absolute Gasteiger partial charge is 0.258 e. The highest BCUT2D eigenvalue weighted by atomic mass is 16.5. The maximum atomic E-state index is 11.8. The fraction of sp³-hybridized carbons (Fsp3) is 0.588. The van der Waals surface area contributed by atoms with Gasteiger partial charge in [-0.25, -0.2) is 0 Å². The summed E-state index contributed by atoms with van der Waals surface area (Å²) in [5.74, 6) is 1.41. The number of rotatable bonds is 8.